The Balaban J connectivity index is 1.26. The molecule has 0 unspecified atom stereocenters. The van der Waals surface area contributed by atoms with Gasteiger partial charge in [-0.25, -0.2) is 4.98 Å². The van der Waals surface area contributed by atoms with Crippen LogP contribution in [0.25, 0.3) is 21.8 Å². The largest absolute Gasteiger partial charge is 0.495 e. The summed E-state index contributed by atoms with van der Waals surface area (Å²) >= 11 is 0. The zero-order valence-electron chi connectivity index (χ0n) is 18.0. The minimum Gasteiger partial charge on any atom is -0.495 e. The first-order valence-corrected chi connectivity index (χ1v) is 11.1. The van der Waals surface area contributed by atoms with E-state index in [1.165, 1.54) is 18.4 Å². The van der Waals surface area contributed by atoms with Crippen LogP contribution in [0.4, 0.5) is 0 Å². The van der Waals surface area contributed by atoms with Gasteiger partial charge in [-0.05, 0) is 56.0 Å². The quantitative estimate of drug-likeness (QED) is 0.470. The van der Waals surface area contributed by atoms with E-state index in [2.05, 4.69) is 35.2 Å². The molecule has 160 valence electrons. The molecule has 0 bridgehead atoms. The summed E-state index contributed by atoms with van der Waals surface area (Å²) in [7, 11) is 1.65. The number of ether oxygens (including phenoxy) is 1. The highest BCUT2D eigenvalue weighted by Gasteiger charge is 2.21. The lowest BCUT2D eigenvalue weighted by Crippen LogP contribution is -2.33. The van der Waals surface area contributed by atoms with Crippen LogP contribution < -0.4 is 4.74 Å². The first-order chi connectivity index (χ1) is 15.2. The predicted octanol–water partition coefficient (Wildman–Crippen LogP) is 5.21. The van der Waals surface area contributed by atoms with Gasteiger partial charge in [-0.1, -0.05) is 42.5 Å². The molecule has 0 atom stereocenters. The van der Waals surface area contributed by atoms with Crippen LogP contribution in [-0.4, -0.2) is 39.8 Å². The first kappa shape index (κ1) is 19.9. The summed E-state index contributed by atoms with van der Waals surface area (Å²) in [5, 5.41) is 12.6. The zero-order chi connectivity index (χ0) is 21.2. The number of aryl methyl sites for hydroxylation is 1. The molecule has 1 fully saturated rings. The first-order valence-electron chi connectivity index (χ1n) is 11.1. The fraction of sp³-hybridized carbons (Fsp3) is 0.346. The highest BCUT2D eigenvalue weighted by atomic mass is 16.5. The van der Waals surface area contributed by atoms with E-state index in [0.29, 0.717) is 17.1 Å². The van der Waals surface area contributed by atoms with Crippen molar-refractivity contribution in [3.8, 4) is 11.6 Å². The molecule has 3 heterocycles. The summed E-state index contributed by atoms with van der Waals surface area (Å²) in [5.41, 5.74) is 3.05. The molecule has 2 aromatic heterocycles. The molecule has 1 N–H and O–H groups in total. The van der Waals surface area contributed by atoms with Gasteiger partial charge in [0.15, 0.2) is 0 Å². The van der Waals surface area contributed by atoms with Crippen LogP contribution >= 0.6 is 0 Å². The van der Waals surface area contributed by atoms with E-state index >= 15 is 0 Å². The van der Waals surface area contributed by atoms with E-state index in [0.717, 1.165) is 49.0 Å². The highest BCUT2D eigenvalue weighted by molar-refractivity contribution is 6.03. The number of methoxy groups -OCH3 is 1. The summed E-state index contributed by atoms with van der Waals surface area (Å²) in [6.07, 6.45) is 5.44. The number of para-hydroxylation sites is 1. The van der Waals surface area contributed by atoms with Crippen molar-refractivity contribution in [3.05, 3.63) is 66.4 Å². The van der Waals surface area contributed by atoms with E-state index < -0.39 is 0 Å². The smallest absolute Gasteiger partial charge is 0.204 e. The SMILES string of the molecule is COc1c2ccccc2nc2cn(CCC3CCN(Cc4ccccc4)CC3)c(O)c12. The number of aromatic nitrogens is 2. The van der Waals surface area contributed by atoms with Crippen LogP contribution in [0.1, 0.15) is 24.8 Å². The fourth-order valence-corrected chi connectivity index (χ4v) is 4.84. The number of benzene rings is 2. The van der Waals surface area contributed by atoms with Crippen molar-refractivity contribution in [2.75, 3.05) is 20.2 Å². The van der Waals surface area contributed by atoms with Gasteiger partial charge in [-0.15, -0.1) is 0 Å². The van der Waals surface area contributed by atoms with E-state index in [1.54, 1.807) is 7.11 Å². The molecule has 0 saturated carbocycles. The number of likely N-dealkylation sites (tertiary alicyclic amines) is 1. The number of pyridine rings is 1. The standard InChI is InChI=1S/C26H29N3O2/c1-31-25-21-9-5-6-10-22(21)27-23-18-29(26(30)24(23)25)16-13-19-11-14-28(15-12-19)17-20-7-3-2-4-8-20/h2-10,18-19,30H,11-17H2,1H3. The minimum atomic E-state index is 0.256. The molecular formula is C26H29N3O2. The van der Waals surface area contributed by atoms with E-state index in [4.69, 9.17) is 9.72 Å². The molecule has 0 radical (unpaired) electrons. The second kappa shape index (κ2) is 8.60. The molecule has 4 aromatic rings. The van der Waals surface area contributed by atoms with Gasteiger partial charge >= 0.3 is 0 Å². The molecule has 5 rings (SSSR count). The molecule has 5 nitrogen and oxygen atoms in total. The Kier molecular flexibility index (Phi) is 5.51. The molecule has 0 spiro atoms. The molecule has 31 heavy (non-hydrogen) atoms. The van der Waals surface area contributed by atoms with Crippen LogP contribution in [0.5, 0.6) is 11.6 Å². The predicted molar refractivity (Wildman–Crippen MR) is 125 cm³/mol. The Hall–Kier alpha value is -3.05. The van der Waals surface area contributed by atoms with Gasteiger partial charge in [0.05, 0.1) is 18.1 Å². The van der Waals surface area contributed by atoms with E-state index in [9.17, 15) is 5.11 Å². The van der Waals surface area contributed by atoms with Gasteiger partial charge < -0.3 is 14.4 Å². The van der Waals surface area contributed by atoms with Gasteiger partial charge in [-0.2, -0.15) is 0 Å². The molecule has 0 amide bonds. The molecule has 5 heteroatoms. The number of hydrogen-bond donors (Lipinski definition) is 1. The maximum Gasteiger partial charge on any atom is 0.204 e. The lowest BCUT2D eigenvalue weighted by Gasteiger charge is -2.32. The highest BCUT2D eigenvalue weighted by Crippen LogP contribution is 2.39. The lowest BCUT2D eigenvalue weighted by atomic mass is 9.93. The van der Waals surface area contributed by atoms with Gasteiger partial charge in [0.1, 0.15) is 11.1 Å². The average molecular weight is 416 g/mol. The molecule has 1 aliphatic rings. The average Bonchev–Trinajstić information content (AvgIpc) is 3.13. The summed E-state index contributed by atoms with van der Waals surface area (Å²) in [5.74, 6) is 1.64. The van der Waals surface area contributed by atoms with Crippen LogP contribution in [0, 0.1) is 5.92 Å². The van der Waals surface area contributed by atoms with Crippen molar-refractivity contribution >= 4 is 21.8 Å². The second-order valence-corrected chi connectivity index (χ2v) is 8.56. The molecule has 1 aliphatic heterocycles. The van der Waals surface area contributed by atoms with Crippen LogP contribution in [0.3, 0.4) is 0 Å². The van der Waals surface area contributed by atoms with Gasteiger partial charge in [-0.3, -0.25) is 4.90 Å². The normalized spacial score (nSPS) is 15.6. The summed E-state index contributed by atoms with van der Waals surface area (Å²) < 4.78 is 7.61. The summed E-state index contributed by atoms with van der Waals surface area (Å²) in [4.78, 5) is 7.29. The van der Waals surface area contributed by atoms with Crippen LogP contribution in [0.15, 0.2) is 60.8 Å². The summed E-state index contributed by atoms with van der Waals surface area (Å²) in [6.45, 7) is 4.11. The van der Waals surface area contributed by atoms with E-state index in [-0.39, 0.29) is 5.88 Å². The van der Waals surface area contributed by atoms with Crippen molar-refractivity contribution in [1.82, 2.24) is 14.5 Å². The Morgan fingerprint density at radius 3 is 2.52 bits per heavy atom. The van der Waals surface area contributed by atoms with Crippen molar-refractivity contribution in [2.24, 2.45) is 5.92 Å². The maximum absolute atomic E-state index is 10.9. The Morgan fingerprint density at radius 2 is 1.74 bits per heavy atom. The molecule has 1 saturated heterocycles. The van der Waals surface area contributed by atoms with Crippen molar-refractivity contribution in [2.45, 2.75) is 32.4 Å². The third-order valence-electron chi connectivity index (χ3n) is 6.59. The topological polar surface area (TPSA) is 50.5 Å². The summed E-state index contributed by atoms with van der Waals surface area (Å²) in [6, 6.07) is 18.6. The number of aromatic hydroxyl groups is 1. The van der Waals surface area contributed by atoms with Crippen molar-refractivity contribution < 1.29 is 9.84 Å². The van der Waals surface area contributed by atoms with Gasteiger partial charge in [0.25, 0.3) is 0 Å². The van der Waals surface area contributed by atoms with Crippen LogP contribution in [-0.2, 0) is 13.1 Å². The zero-order valence-corrected chi connectivity index (χ0v) is 18.0. The Labute approximate surface area is 182 Å². The number of nitrogens with zero attached hydrogens (tertiary/aromatic N) is 3. The maximum atomic E-state index is 10.9. The van der Waals surface area contributed by atoms with E-state index in [1.807, 2.05) is 35.0 Å². The van der Waals surface area contributed by atoms with Gasteiger partial charge in [0.2, 0.25) is 5.88 Å². The third-order valence-corrected chi connectivity index (χ3v) is 6.59. The second-order valence-electron chi connectivity index (χ2n) is 8.56. The van der Waals surface area contributed by atoms with Crippen LogP contribution in [0.2, 0.25) is 0 Å². The minimum absolute atomic E-state index is 0.256. The number of piperidine rings is 1. The van der Waals surface area contributed by atoms with Crippen molar-refractivity contribution in [3.63, 3.8) is 0 Å². The number of hydrogen-bond acceptors (Lipinski definition) is 4. The Bertz CT molecular complexity index is 1180. The molecule has 2 aromatic carbocycles. The third kappa shape index (κ3) is 3.98. The Morgan fingerprint density at radius 1 is 1.00 bits per heavy atom. The molecular weight excluding hydrogens is 386 g/mol. The van der Waals surface area contributed by atoms with Crippen molar-refractivity contribution in [1.29, 1.82) is 0 Å². The van der Waals surface area contributed by atoms with Gasteiger partial charge in [0, 0.05) is 24.7 Å². The number of fused-ring (bicyclic) bond motifs is 2. The number of rotatable bonds is 6. The lowest BCUT2D eigenvalue weighted by molar-refractivity contribution is 0.168. The molecule has 0 aliphatic carbocycles. The monoisotopic (exact) mass is 415 g/mol. The fourth-order valence-electron chi connectivity index (χ4n) is 4.84.